The van der Waals surface area contributed by atoms with Gasteiger partial charge in [-0.3, -0.25) is 4.79 Å². The molecule has 2 N–H and O–H groups in total. The Bertz CT molecular complexity index is 828. The van der Waals surface area contributed by atoms with E-state index in [0.29, 0.717) is 17.0 Å². The standard InChI is InChI=1S/C17H13F2N3O/c18-13-6-4-12(5-7-13)16-20-10-15(22-16)17(23)21-9-11-2-1-3-14(19)8-11/h1-8,10H,9H2,(H,20,22)(H,21,23). The Hall–Kier alpha value is -3.02. The number of rotatable bonds is 4. The number of H-pyrrole nitrogens is 1. The lowest BCUT2D eigenvalue weighted by atomic mass is 10.2. The third-order valence-corrected chi connectivity index (χ3v) is 3.28. The average molecular weight is 313 g/mol. The first-order chi connectivity index (χ1) is 11.1. The van der Waals surface area contributed by atoms with Gasteiger partial charge in [-0.25, -0.2) is 13.8 Å². The average Bonchev–Trinajstić information content (AvgIpc) is 3.03. The molecule has 1 aromatic heterocycles. The lowest BCUT2D eigenvalue weighted by Crippen LogP contribution is -2.23. The molecule has 0 saturated carbocycles. The minimum absolute atomic E-state index is 0.210. The Kier molecular flexibility index (Phi) is 4.14. The molecule has 4 nitrogen and oxygen atoms in total. The number of carbonyl (C=O) groups excluding carboxylic acids is 1. The highest BCUT2D eigenvalue weighted by Gasteiger charge is 2.10. The van der Waals surface area contributed by atoms with Crippen LogP contribution >= 0.6 is 0 Å². The van der Waals surface area contributed by atoms with Crippen molar-refractivity contribution in [1.29, 1.82) is 0 Å². The zero-order valence-electron chi connectivity index (χ0n) is 12.0. The second-order valence-corrected chi connectivity index (χ2v) is 4.96. The Balaban J connectivity index is 1.67. The van der Waals surface area contributed by atoms with Crippen molar-refractivity contribution in [2.45, 2.75) is 6.54 Å². The lowest BCUT2D eigenvalue weighted by Gasteiger charge is -2.04. The molecule has 0 atom stereocenters. The Morgan fingerprint density at radius 3 is 2.61 bits per heavy atom. The van der Waals surface area contributed by atoms with Gasteiger partial charge in [0, 0.05) is 12.1 Å². The van der Waals surface area contributed by atoms with E-state index in [1.807, 2.05) is 0 Å². The van der Waals surface area contributed by atoms with Crippen LogP contribution in [0.2, 0.25) is 0 Å². The first-order valence-electron chi connectivity index (χ1n) is 6.95. The number of nitrogens with one attached hydrogen (secondary N) is 2. The second-order valence-electron chi connectivity index (χ2n) is 4.96. The van der Waals surface area contributed by atoms with Crippen molar-refractivity contribution in [3.05, 3.63) is 77.6 Å². The summed E-state index contributed by atoms with van der Waals surface area (Å²) in [6.45, 7) is 0.210. The zero-order chi connectivity index (χ0) is 16.2. The molecule has 0 bridgehead atoms. The highest BCUT2D eigenvalue weighted by molar-refractivity contribution is 5.92. The fourth-order valence-electron chi connectivity index (χ4n) is 2.12. The van der Waals surface area contributed by atoms with E-state index < -0.39 is 0 Å². The first kappa shape index (κ1) is 14.9. The summed E-state index contributed by atoms with van der Waals surface area (Å²) in [5.74, 6) is -0.568. The largest absolute Gasteiger partial charge is 0.347 e. The Labute approximate surface area is 131 Å². The maximum Gasteiger partial charge on any atom is 0.269 e. The summed E-state index contributed by atoms with van der Waals surface area (Å²) < 4.78 is 26.0. The highest BCUT2D eigenvalue weighted by atomic mass is 19.1. The number of aromatic amines is 1. The van der Waals surface area contributed by atoms with E-state index >= 15 is 0 Å². The van der Waals surface area contributed by atoms with Gasteiger partial charge in [0.05, 0.1) is 6.20 Å². The molecule has 2 aromatic carbocycles. The molecule has 0 saturated heterocycles. The van der Waals surface area contributed by atoms with Crippen LogP contribution in [-0.4, -0.2) is 15.9 Å². The summed E-state index contributed by atoms with van der Waals surface area (Å²) in [5.41, 5.74) is 1.62. The van der Waals surface area contributed by atoms with Gasteiger partial charge >= 0.3 is 0 Å². The molecule has 0 aliphatic carbocycles. The van der Waals surface area contributed by atoms with Gasteiger partial charge in [0.1, 0.15) is 23.2 Å². The molecular weight excluding hydrogens is 300 g/mol. The van der Waals surface area contributed by atoms with Gasteiger partial charge in [0.15, 0.2) is 0 Å². The molecule has 1 amide bonds. The van der Waals surface area contributed by atoms with Crippen LogP contribution in [0.3, 0.4) is 0 Å². The van der Waals surface area contributed by atoms with Crippen molar-refractivity contribution in [1.82, 2.24) is 15.3 Å². The van der Waals surface area contributed by atoms with Crippen LogP contribution in [0.5, 0.6) is 0 Å². The quantitative estimate of drug-likeness (QED) is 0.776. The van der Waals surface area contributed by atoms with Gasteiger partial charge in [-0.05, 0) is 42.0 Å². The molecule has 23 heavy (non-hydrogen) atoms. The van der Waals surface area contributed by atoms with Gasteiger partial charge in [0.2, 0.25) is 0 Å². The third kappa shape index (κ3) is 3.60. The second kappa shape index (κ2) is 6.39. The molecule has 0 aliphatic rings. The van der Waals surface area contributed by atoms with Crippen LogP contribution in [0, 0.1) is 11.6 Å². The van der Waals surface area contributed by atoms with E-state index in [2.05, 4.69) is 15.3 Å². The minimum atomic E-state index is -0.352. The number of nitrogens with zero attached hydrogens (tertiary/aromatic N) is 1. The van der Waals surface area contributed by atoms with Crippen LogP contribution in [0.15, 0.2) is 54.7 Å². The molecule has 0 spiro atoms. The number of halogens is 2. The number of imidazole rings is 1. The number of aromatic nitrogens is 2. The zero-order valence-corrected chi connectivity index (χ0v) is 12.0. The molecule has 6 heteroatoms. The fraction of sp³-hybridized carbons (Fsp3) is 0.0588. The van der Waals surface area contributed by atoms with E-state index in [-0.39, 0.29) is 29.8 Å². The Morgan fingerprint density at radius 2 is 1.87 bits per heavy atom. The summed E-state index contributed by atoms with van der Waals surface area (Å²) >= 11 is 0. The van der Waals surface area contributed by atoms with Crippen molar-refractivity contribution in [2.75, 3.05) is 0 Å². The SMILES string of the molecule is O=C(NCc1cccc(F)c1)c1cnc(-c2ccc(F)cc2)[nH]1. The van der Waals surface area contributed by atoms with Crippen molar-refractivity contribution in [2.24, 2.45) is 0 Å². The van der Waals surface area contributed by atoms with Crippen molar-refractivity contribution in [3.63, 3.8) is 0 Å². The van der Waals surface area contributed by atoms with Gasteiger partial charge in [-0.15, -0.1) is 0 Å². The summed E-state index contributed by atoms with van der Waals surface area (Å²) in [6, 6.07) is 11.8. The lowest BCUT2D eigenvalue weighted by molar-refractivity contribution is 0.0946. The van der Waals surface area contributed by atoms with Gasteiger partial charge in [-0.1, -0.05) is 12.1 Å². The van der Waals surface area contributed by atoms with Gasteiger partial charge in [0.25, 0.3) is 5.91 Å². The summed E-state index contributed by atoms with van der Waals surface area (Å²) in [6.07, 6.45) is 1.40. The van der Waals surface area contributed by atoms with E-state index in [0.717, 1.165) is 0 Å². The summed E-state index contributed by atoms with van der Waals surface area (Å²) in [5, 5.41) is 2.68. The molecule has 1 heterocycles. The summed E-state index contributed by atoms with van der Waals surface area (Å²) in [7, 11) is 0. The predicted octanol–water partition coefficient (Wildman–Crippen LogP) is 3.28. The Morgan fingerprint density at radius 1 is 1.09 bits per heavy atom. The molecule has 3 aromatic rings. The molecule has 3 rings (SSSR count). The van der Waals surface area contributed by atoms with Crippen LogP contribution in [0.1, 0.15) is 16.1 Å². The van der Waals surface area contributed by atoms with E-state index in [9.17, 15) is 13.6 Å². The summed E-state index contributed by atoms with van der Waals surface area (Å²) in [4.78, 5) is 19.0. The van der Waals surface area contributed by atoms with Crippen LogP contribution in [-0.2, 0) is 6.54 Å². The van der Waals surface area contributed by atoms with E-state index in [1.165, 1.54) is 30.5 Å². The van der Waals surface area contributed by atoms with Crippen LogP contribution in [0.4, 0.5) is 8.78 Å². The monoisotopic (exact) mass is 313 g/mol. The first-order valence-corrected chi connectivity index (χ1v) is 6.95. The number of amides is 1. The van der Waals surface area contributed by atoms with Crippen LogP contribution in [0.25, 0.3) is 11.4 Å². The maximum atomic E-state index is 13.1. The van der Waals surface area contributed by atoms with E-state index in [4.69, 9.17) is 0 Å². The maximum absolute atomic E-state index is 13.1. The highest BCUT2D eigenvalue weighted by Crippen LogP contribution is 2.16. The predicted molar refractivity (Wildman–Crippen MR) is 81.6 cm³/mol. The fourth-order valence-corrected chi connectivity index (χ4v) is 2.12. The normalized spacial score (nSPS) is 10.5. The number of benzene rings is 2. The van der Waals surface area contributed by atoms with Crippen molar-refractivity contribution < 1.29 is 13.6 Å². The topological polar surface area (TPSA) is 57.8 Å². The molecular formula is C17H13F2N3O. The number of hydrogen-bond donors (Lipinski definition) is 2. The number of carbonyl (C=O) groups is 1. The molecule has 0 aliphatic heterocycles. The number of hydrogen-bond acceptors (Lipinski definition) is 2. The minimum Gasteiger partial charge on any atom is -0.347 e. The van der Waals surface area contributed by atoms with Gasteiger partial charge < -0.3 is 10.3 Å². The molecule has 0 fully saturated rings. The third-order valence-electron chi connectivity index (χ3n) is 3.28. The molecule has 116 valence electrons. The smallest absolute Gasteiger partial charge is 0.269 e. The molecule has 0 unspecified atom stereocenters. The van der Waals surface area contributed by atoms with Gasteiger partial charge in [-0.2, -0.15) is 0 Å². The van der Waals surface area contributed by atoms with E-state index in [1.54, 1.807) is 24.3 Å². The van der Waals surface area contributed by atoms with Crippen molar-refractivity contribution >= 4 is 5.91 Å². The van der Waals surface area contributed by atoms with Crippen LogP contribution < -0.4 is 5.32 Å². The molecule has 0 radical (unpaired) electrons. The van der Waals surface area contributed by atoms with Crippen molar-refractivity contribution in [3.8, 4) is 11.4 Å².